The monoisotopic (exact) mass is 251 g/mol. The van der Waals surface area contributed by atoms with Crippen LogP contribution in [0, 0.1) is 0 Å². The van der Waals surface area contributed by atoms with E-state index in [0.29, 0.717) is 18.3 Å². The molecule has 7 nitrogen and oxygen atoms in total. The van der Waals surface area contributed by atoms with Crippen molar-refractivity contribution in [2.45, 2.75) is 39.4 Å². The largest absolute Gasteiger partial charge is 0.337 e. The minimum absolute atomic E-state index is 0.0933. The Balaban J connectivity index is 2.22. The van der Waals surface area contributed by atoms with Gasteiger partial charge in [0.05, 0.1) is 5.54 Å². The van der Waals surface area contributed by atoms with Gasteiger partial charge in [-0.05, 0) is 20.8 Å². The second-order valence-electron chi connectivity index (χ2n) is 4.73. The number of imidazole rings is 1. The lowest BCUT2D eigenvalue weighted by atomic mass is 10.1. The van der Waals surface area contributed by atoms with Gasteiger partial charge in [-0.15, -0.1) is 0 Å². The second kappa shape index (κ2) is 4.41. The summed E-state index contributed by atoms with van der Waals surface area (Å²) in [5, 5.41) is 3.81. The Bertz CT molecular complexity index is 587. The number of nitrogens with zero attached hydrogens (tertiary/aromatic N) is 4. The normalized spacial score (nSPS) is 12.0. The van der Waals surface area contributed by atoms with Crippen LogP contribution in [-0.4, -0.2) is 19.3 Å². The number of hydrogen-bond acceptors (Lipinski definition) is 5. The smallest absolute Gasteiger partial charge is 0.328 e. The van der Waals surface area contributed by atoms with Crippen LogP contribution in [0.15, 0.2) is 21.7 Å². The number of aryl methyl sites for hydroxylation is 1. The molecule has 2 N–H and O–H groups in total. The summed E-state index contributed by atoms with van der Waals surface area (Å²) in [5.41, 5.74) is 5.12. The Morgan fingerprint density at radius 1 is 1.39 bits per heavy atom. The average molecular weight is 251 g/mol. The third kappa shape index (κ3) is 2.35. The van der Waals surface area contributed by atoms with Gasteiger partial charge in [0, 0.05) is 18.9 Å². The Kier molecular flexibility index (Phi) is 3.08. The molecule has 0 saturated heterocycles. The summed E-state index contributed by atoms with van der Waals surface area (Å²) in [6.07, 6.45) is 3.43. The molecule has 0 unspecified atom stereocenters. The van der Waals surface area contributed by atoms with Crippen LogP contribution in [0.3, 0.4) is 0 Å². The van der Waals surface area contributed by atoms with E-state index in [2.05, 4.69) is 10.1 Å². The van der Waals surface area contributed by atoms with Crippen LogP contribution in [-0.2, 0) is 18.6 Å². The Labute approximate surface area is 104 Å². The lowest BCUT2D eigenvalue weighted by Gasteiger charge is -2.11. The molecule has 0 aliphatic rings. The molecule has 0 atom stereocenters. The van der Waals surface area contributed by atoms with Crippen molar-refractivity contribution in [1.29, 1.82) is 0 Å². The summed E-state index contributed by atoms with van der Waals surface area (Å²) in [7, 11) is 0. The fourth-order valence-electron chi connectivity index (χ4n) is 1.54. The molecule has 0 bridgehead atoms. The topological polar surface area (TPSA) is 91.9 Å². The number of hydrogen-bond donors (Lipinski definition) is 1. The van der Waals surface area contributed by atoms with E-state index in [1.54, 1.807) is 30.8 Å². The fraction of sp³-hybridized carbons (Fsp3) is 0.545. The molecule has 0 fully saturated rings. The highest BCUT2D eigenvalue weighted by Gasteiger charge is 2.21. The predicted octanol–water partition coefficient (Wildman–Crippen LogP) is 0.295. The second-order valence-corrected chi connectivity index (χ2v) is 4.73. The predicted molar refractivity (Wildman–Crippen MR) is 65.0 cm³/mol. The van der Waals surface area contributed by atoms with Gasteiger partial charge in [0.25, 0.3) is 0 Å². The van der Waals surface area contributed by atoms with Crippen molar-refractivity contribution in [2.24, 2.45) is 5.73 Å². The highest BCUT2D eigenvalue weighted by molar-refractivity contribution is 4.99. The SMILES string of the molecule is CCn1ccn(Cc2nc(C(C)(C)N)no2)c1=O. The third-order valence-electron chi connectivity index (χ3n) is 2.61. The van der Waals surface area contributed by atoms with Crippen LogP contribution in [0.1, 0.15) is 32.5 Å². The van der Waals surface area contributed by atoms with Crippen LogP contribution < -0.4 is 11.4 Å². The molecule has 0 amide bonds. The summed E-state index contributed by atoms with van der Waals surface area (Å²) in [5.74, 6) is 0.806. The molecule has 2 aromatic rings. The van der Waals surface area contributed by atoms with E-state index in [9.17, 15) is 4.79 Å². The molecule has 18 heavy (non-hydrogen) atoms. The van der Waals surface area contributed by atoms with E-state index in [1.807, 2.05) is 6.92 Å². The molecule has 98 valence electrons. The highest BCUT2D eigenvalue weighted by atomic mass is 16.5. The van der Waals surface area contributed by atoms with E-state index in [1.165, 1.54) is 4.57 Å². The summed E-state index contributed by atoms with van der Waals surface area (Å²) in [6, 6.07) is 0. The van der Waals surface area contributed by atoms with Crippen LogP contribution >= 0.6 is 0 Å². The molecule has 0 aliphatic heterocycles. The van der Waals surface area contributed by atoms with Crippen LogP contribution in [0.4, 0.5) is 0 Å². The minimum Gasteiger partial charge on any atom is -0.337 e. The van der Waals surface area contributed by atoms with Crippen molar-refractivity contribution in [1.82, 2.24) is 19.3 Å². The maximum Gasteiger partial charge on any atom is 0.328 e. The molecule has 2 heterocycles. The lowest BCUT2D eigenvalue weighted by Crippen LogP contribution is -2.30. The molecule has 0 aliphatic carbocycles. The van der Waals surface area contributed by atoms with Gasteiger partial charge in [-0.1, -0.05) is 5.16 Å². The summed E-state index contributed by atoms with van der Waals surface area (Å²) >= 11 is 0. The molecule has 0 radical (unpaired) electrons. The molecule has 7 heteroatoms. The van der Waals surface area contributed by atoms with Gasteiger partial charge < -0.3 is 10.3 Å². The van der Waals surface area contributed by atoms with Gasteiger partial charge in [0.15, 0.2) is 5.82 Å². The van der Waals surface area contributed by atoms with E-state index < -0.39 is 5.54 Å². The van der Waals surface area contributed by atoms with Gasteiger partial charge in [0.1, 0.15) is 6.54 Å². The van der Waals surface area contributed by atoms with Crippen molar-refractivity contribution in [3.8, 4) is 0 Å². The van der Waals surface area contributed by atoms with E-state index in [4.69, 9.17) is 10.3 Å². The average Bonchev–Trinajstić information content (AvgIpc) is 2.87. The maximum atomic E-state index is 11.8. The first-order valence-corrected chi connectivity index (χ1v) is 5.79. The Morgan fingerprint density at radius 3 is 2.56 bits per heavy atom. The zero-order valence-electron chi connectivity index (χ0n) is 10.8. The summed E-state index contributed by atoms with van der Waals surface area (Å²) in [4.78, 5) is 16.0. The first-order chi connectivity index (χ1) is 8.41. The van der Waals surface area contributed by atoms with Crippen molar-refractivity contribution in [2.75, 3.05) is 0 Å². The quantitative estimate of drug-likeness (QED) is 0.843. The van der Waals surface area contributed by atoms with Crippen LogP contribution in [0.25, 0.3) is 0 Å². The molecule has 0 spiro atoms. The number of rotatable bonds is 4. The van der Waals surface area contributed by atoms with Crippen molar-refractivity contribution >= 4 is 0 Å². The minimum atomic E-state index is -0.651. The van der Waals surface area contributed by atoms with E-state index in [0.717, 1.165) is 0 Å². The first-order valence-electron chi connectivity index (χ1n) is 5.79. The van der Waals surface area contributed by atoms with Gasteiger partial charge in [0.2, 0.25) is 5.89 Å². The highest BCUT2D eigenvalue weighted by Crippen LogP contribution is 2.12. The maximum absolute atomic E-state index is 11.8. The van der Waals surface area contributed by atoms with Gasteiger partial charge >= 0.3 is 5.69 Å². The summed E-state index contributed by atoms with van der Waals surface area (Å²) < 4.78 is 8.20. The Morgan fingerprint density at radius 2 is 2.06 bits per heavy atom. The number of nitrogens with two attached hydrogens (primary N) is 1. The zero-order valence-corrected chi connectivity index (χ0v) is 10.8. The summed E-state index contributed by atoms with van der Waals surface area (Å²) in [6.45, 7) is 6.39. The molecule has 2 rings (SSSR count). The van der Waals surface area contributed by atoms with Crippen molar-refractivity contribution in [3.05, 3.63) is 34.6 Å². The van der Waals surface area contributed by atoms with Crippen LogP contribution in [0.5, 0.6) is 0 Å². The third-order valence-corrected chi connectivity index (χ3v) is 2.61. The van der Waals surface area contributed by atoms with E-state index in [-0.39, 0.29) is 12.2 Å². The fourth-order valence-corrected chi connectivity index (χ4v) is 1.54. The van der Waals surface area contributed by atoms with Gasteiger partial charge in [-0.2, -0.15) is 4.98 Å². The lowest BCUT2D eigenvalue weighted by molar-refractivity contribution is 0.353. The number of aromatic nitrogens is 4. The Hall–Kier alpha value is -1.89. The molecule has 2 aromatic heterocycles. The van der Waals surface area contributed by atoms with Gasteiger partial charge in [-0.25, -0.2) is 4.79 Å². The van der Waals surface area contributed by atoms with Crippen molar-refractivity contribution in [3.63, 3.8) is 0 Å². The van der Waals surface area contributed by atoms with Crippen LogP contribution in [0.2, 0.25) is 0 Å². The molecular weight excluding hydrogens is 234 g/mol. The molecular formula is C11H17N5O2. The van der Waals surface area contributed by atoms with E-state index >= 15 is 0 Å². The first kappa shape index (κ1) is 12.6. The molecule has 0 saturated carbocycles. The van der Waals surface area contributed by atoms with Gasteiger partial charge in [-0.3, -0.25) is 9.13 Å². The zero-order chi connectivity index (χ0) is 13.3. The standard InChI is InChI=1S/C11H17N5O2/c1-4-15-5-6-16(10(15)17)7-8-13-9(14-18-8)11(2,3)12/h5-6H,4,7,12H2,1-3H3. The van der Waals surface area contributed by atoms with Crippen molar-refractivity contribution < 1.29 is 4.52 Å². The molecule has 0 aromatic carbocycles.